The van der Waals surface area contributed by atoms with Crippen molar-refractivity contribution in [3.05, 3.63) is 65.2 Å². The van der Waals surface area contributed by atoms with Gasteiger partial charge in [-0.05, 0) is 30.2 Å². The van der Waals surface area contributed by atoms with Crippen LogP contribution in [-0.4, -0.2) is 18.2 Å². The fourth-order valence-corrected chi connectivity index (χ4v) is 2.70. The van der Waals surface area contributed by atoms with Crippen LogP contribution >= 0.6 is 0 Å². The fraction of sp³-hybridized carbons (Fsp3) is 0.381. The standard InChI is InChI=1S/C21H26O4/c1-3-4-5-12-19(22)18-11-6-7-13-20(18)25-15-16-9-8-10-17(14-16)21(23)24-2/h6-11,13-14,19,22H,3-5,12,15H2,1-2H3. The van der Waals surface area contributed by atoms with Gasteiger partial charge in [-0.1, -0.05) is 56.5 Å². The van der Waals surface area contributed by atoms with Gasteiger partial charge in [0.05, 0.1) is 18.8 Å². The van der Waals surface area contributed by atoms with Crippen LogP contribution in [0.15, 0.2) is 48.5 Å². The monoisotopic (exact) mass is 342 g/mol. The molecule has 0 aromatic heterocycles. The van der Waals surface area contributed by atoms with Crippen LogP contribution in [0.4, 0.5) is 0 Å². The molecule has 2 aromatic rings. The van der Waals surface area contributed by atoms with E-state index in [1.54, 1.807) is 18.2 Å². The van der Waals surface area contributed by atoms with Gasteiger partial charge in [0, 0.05) is 5.56 Å². The molecule has 4 nitrogen and oxygen atoms in total. The summed E-state index contributed by atoms with van der Waals surface area (Å²) in [5.74, 6) is 0.309. The van der Waals surface area contributed by atoms with Gasteiger partial charge in [-0.2, -0.15) is 0 Å². The van der Waals surface area contributed by atoms with Crippen molar-refractivity contribution in [3.8, 4) is 5.75 Å². The molecule has 0 saturated heterocycles. The second kappa shape index (κ2) is 9.84. The first-order valence-electron chi connectivity index (χ1n) is 8.72. The molecule has 0 amide bonds. The van der Waals surface area contributed by atoms with E-state index in [1.807, 2.05) is 30.3 Å². The number of rotatable bonds is 9. The lowest BCUT2D eigenvalue weighted by molar-refractivity contribution is 0.0600. The minimum absolute atomic E-state index is 0.323. The Balaban J connectivity index is 2.05. The maximum absolute atomic E-state index is 11.6. The summed E-state index contributed by atoms with van der Waals surface area (Å²) in [6.07, 6.45) is 3.44. The highest BCUT2D eigenvalue weighted by molar-refractivity contribution is 5.89. The van der Waals surface area contributed by atoms with E-state index < -0.39 is 6.10 Å². The molecule has 4 heteroatoms. The summed E-state index contributed by atoms with van der Waals surface area (Å²) in [4.78, 5) is 11.6. The smallest absolute Gasteiger partial charge is 0.337 e. The maximum Gasteiger partial charge on any atom is 0.337 e. The van der Waals surface area contributed by atoms with Gasteiger partial charge in [0.15, 0.2) is 0 Å². The first-order valence-corrected chi connectivity index (χ1v) is 8.72. The van der Waals surface area contributed by atoms with E-state index in [0.717, 1.165) is 36.8 Å². The summed E-state index contributed by atoms with van der Waals surface area (Å²) in [5.41, 5.74) is 2.18. The molecule has 0 heterocycles. The number of para-hydroxylation sites is 1. The number of aliphatic hydroxyl groups excluding tert-OH is 1. The summed E-state index contributed by atoms with van der Waals surface area (Å²) in [6, 6.07) is 14.7. The van der Waals surface area contributed by atoms with Crippen LogP contribution in [-0.2, 0) is 11.3 Å². The van der Waals surface area contributed by atoms with Crippen LogP contribution in [0.3, 0.4) is 0 Å². The van der Waals surface area contributed by atoms with E-state index in [9.17, 15) is 9.90 Å². The van der Waals surface area contributed by atoms with Gasteiger partial charge in [-0.3, -0.25) is 0 Å². The van der Waals surface area contributed by atoms with Crippen LogP contribution in [0.2, 0.25) is 0 Å². The van der Waals surface area contributed by atoms with Gasteiger partial charge in [0.25, 0.3) is 0 Å². The summed E-state index contributed by atoms with van der Waals surface area (Å²) >= 11 is 0. The van der Waals surface area contributed by atoms with Gasteiger partial charge in [-0.15, -0.1) is 0 Å². The molecule has 2 rings (SSSR count). The molecule has 0 bridgehead atoms. The molecule has 1 unspecified atom stereocenters. The summed E-state index contributed by atoms with van der Waals surface area (Å²) in [6.45, 7) is 2.47. The fourth-order valence-electron chi connectivity index (χ4n) is 2.70. The predicted molar refractivity (Wildman–Crippen MR) is 97.7 cm³/mol. The third-order valence-corrected chi connectivity index (χ3v) is 4.10. The highest BCUT2D eigenvalue weighted by atomic mass is 16.5. The highest BCUT2D eigenvalue weighted by Gasteiger charge is 2.13. The van der Waals surface area contributed by atoms with Crippen molar-refractivity contribution < 1.29 is 19.4 Å². The third kappa shape index (κ3) is 5.61. The molecule has 134 valence electrons. The van der Waals surface area contributed by atoms with Crippen LogP contribution in [0, 0.1) is 0 Å². The van der Waals surface area contributed by atoms with Gasteiger partial charge >= 0.3 is 5.97 Å². The highest BCUT2D eigenvalue weighted by Crippen LogP contribution is 2.29. The van der Waals surface area contributed by atoms with E-state index in [1.165, 1.54) is 7.11 Å². The van der Waals surface area contributed by atoms with Crippen LogP contribution < -0.4 is 4.74 Å². The Morgan fingerprint density at radius 1 is 1.12 bits per heavy atom. The molecule has 1 atom stereocenters. The Bertz CT molecular complexity index is 681. The van der Waals surface area contributed by atoms with Crippen LogP contribution in [0.5, 0.6) is 5.75 Å². The molecule has 25 heavy (non-hydrogen) atoms. The lowest BCUT2D eigenvalue weighted by atomic mass is 10.0. The Morgan fingerprint density at radius 3 is 2.68 bits per heavy atom. The number of methoxy groups -OCH3 is 1. The number of esters is 1. The summed E-state index contributed by atoms with van der Waals surface area (Å²) < 4.78 is 10.6. The van der Waals surface area contributed by atoms with Crippen LogP contribution in [0.25, 0.3) is 0 Å². The molecular weight excluding hydrogens is 316 g/mol. The minimum Gasteiger partial charge on any atom is -0.489 e. The number of carbonyl (C=O) groups is 1. The number of hydrogen-bond acceptors (Lipinski definition) is 4. The molecule has 0 aliphatic rings. The van der Waals surface area contributed by atoms with E-state index in [-0.39, 0.29) is 5.97 Å². The van der Waals surface area contributed by atoms with Gasteiger partial charge in [-0.25, -0.2) is 4.79 Å². The number of ether oxygens (including phenoxy) is 2. The van der Waals surface area contributed by atoms with Crippen molar-refractivity contribution in [1.82, 2.24) is 0 Å². The normalized spacial score (nSPS) is 11.8. The lowest BCUT2D eigenvalue weighted by Crippen LogP contribution is -2.05. The zero-order chi connectivity index (χ0) is 18.1. The molecular formula is C21H26O4. The van der Waals surface area contributed by atoms with E-state index >= 15 is 0 Å². The van der Waals surface area contributed by atoms with Crippen molar-refractivity contribution in [2.24, 2.45) is 0 Å². The number of benzene rings is 2. The lowest BCUT2D eigenvalue weighted by Gasteiger charge is -2.16. The number of hydrogen-bond donors (Lipinski definition) is 1. The maximum atomic E-state index is 11.6. The Hall–Kier alpha value is -2.33. The van der Waals surface area contributed by atoms with Gasteiger partial charge < -0.3 is 14.6 Å². The minimum atomic E-state index is -0.524. The second-order valence-corrected chi connectivity index (χ2v) is 6.03. The average Bonchev–Trinajstić information content (AvgIpc) is 2.66. The summed E-state index contributed by atoms with van der Waals surface area (Å²) in [7, 11) is 1.36. The van der Waals surface area contributed by atoms with E-state index in [2.05, 4.69) is 6.92 Å². The van der Waals surface area contributed by atoms with Crippen molar-refractivity contribution in [1.29, 1.82) is 0 Å². The quantitative estimate of drug-likeness (QED) is 0.532. The Morgan fingerprint density at radius 2 is 1.92 bits per heavy atom. The molecule has 0 fully saturated rings. The molecule has 0 aliphatic carbocycles. The SMILES string of the molecule is CCCCCC(O)c1ccccc1OCc1cccc(C(=O)OC)c1. The van der Waals surface area contributed by atoms with E-state index in [4.69, 9.17) is 9.47 Å². The van der Waals surface area contributed by atoms with Crippen LogP contribution in [0.1, 0.15) is 60.2 Å². The van der Waals surface area contributed by atoms with Crippen molar-refractivity contribution in [2.75, 3.05) is 7.11 Å². The Labute approximate surface area is 149 Å². The van der Waals surface area contributed by atoms with Gasteiger partial charge in [0.1, 0.15) is 12.4 Å². The molecule has 2 aromatic carbocycles. The van der Waals surface area contributed by atoms with E-state index in [0.29, 0.717) is 17.9 Å². The number of aliphatic hydroxyl groups is 1. The third-order valence-electron chi connectivity index (χ3n) is 4.10. The largest absolute Gasteiger partial charge is 0.489 e. The Kier molecular flexibility index (Phi) is 7.48. The molecule has 0 aliphatic heterocycles. The zero-order valence-corrected chi connectivity index (χ0v) is 14.9. The number of unbranched alkanes of at least 4 members (excludes halogenated alkanes) is 2. The second-order valence-electron chi connectivity index (χ2n) is 6.03. The van der Waals surface area contributed by atoms with Gasteiger partial charge in [0.2, 0.25) is 0 Å². The topological polar surface area (TPSA) is 55.8 Å². The summed E-state index contributed by atoms with van der Waals surface area (Å²) in [5, 5.41) is 10.4. The van der Waals surface area contributed by atoms with Crippen molar-refractivity contribution in [3.63, 3.8) is 0 Å². The first-order chi connectivity index (χ1) is 12.2. The first kappa shape index (κ1) is 19.0. The molecule has 0 saturated carbocycles. The van der Waals surface area contributed by atoms with Crippen molar-refractivity contribution >= 4 is 5.97 Å². The zero-order valence-electron chi connectivity index (χ0n) is 14.9. The molecule has 0 radical (unpaired) electrons. The number of carbonyl (C=O) groups excluding carboxylic acids is 1. The van der Waals surface area contributed by atoms with Crippen molar-refractivity contribution in [2.45, 2.75) is 45.3 Å². The molecule has 0 spiro atoms. The average molecular weight is 342 g/mol. The predicted octanol–water partition coefficient (Wildman–Crippen LogP) is 4.67. The molecule has 1 N–H and O–H groups in total.